The summed E-state index contributed by atoms with van der Waals surface area (Å²) in [6.45, 7) is 4.69. The Morgan fingerprint density at radius 2 is 2.04 bits per heavy atom. The fraction of sp³-hybridized carbons (Fsp3) is 0.444. The first-order chi connectivity index (χ1) is 11.5. The van der Waals surface area contributed by atoms with Crippen LogP contribution in [0.15, 0.2) is 34.9 Å². The molecule has 1 fully saturated rings. The molecule has 2 N–H and O–H groups in total. The third-order valence-corrected chi connectivity index (χ3v) is 5.26. The van der Waals surface area contributed by atoms with E-state index in [4.69, 9.17) is 5.73 Å². The third-order valence-electron chi connectivity index (χ3n) is 4.73. The van der Waals surface area contributed by atoms with Crippen molar-refractivity contribution in [3.8, 4) is 5.69 Å². The van der Waals surface area contributed by atoms with Crippen LogP contribution in [-0.4, -0.2) is 39.2 Å². The maximum absolute atomic E-state index is 13.0. The summed E-state index contributed by atoms with van der Waals surface area (Å²) in [5.41, 5.74) is 8.56. The van der Waals surface area contributed by atoms with Gasteiger partial charge in [-0.15, -0.1) is 0 Å². The van der Waals surface area contributed by atoms with Crippen molar-refractivity contribution >= 4 is 21.8 Å². The number of benzene rings is 1. The van der Waals surface area contributed by atoms with Crippen LogP contribution in [0.2, 0.25) is 0 Å². The number of halogens is 1. The molecular weight excluding hydrogens is 368 g/mol. The Morgan fingerprint density at radius 3 is 2.71 bits per heavy atom. The van der Waals surface area contributed by atoms with Crippen LogP contribution in [0, 0.1) is 6.92 Å². The van der Waals surface area contributed by atoms with E-state index in [0.29, 0.717) is 5.56 Å². The van der Waals surface area contributed by atoms with Gasteiger partial charge in [-0.25, -0.2) is 4.68 Å². The lowest BCUT2D eigenvalue weighted by Gasteiger charge is -2.38. The second kappa shape index (κ2) is 7.07. The summed E-state index contributed by atoms with van der Waals surface area (Å²) in [6.07, 6.45) is 4.82. The second-order valence-corrected chi connectivity index (χ2v) is 7.37. The van der Waals surface area contributed by atoms with Gasteiger partial charge in [0.2, 0.25) is 0 Å². The number of hydrogen-bond acceptors (Lipinski definition) is 3. The molecule has 0 bridgehead atoms. The maximum Gasteiger partial charge on any atom is 0.257 e. The van der Waals surface area contributed by atoms with Crippen molar-refractivity contribution in [1.29, 1.82) is 0 Å². The first-order valence-electron chi connectivity index (χ1n) is 8.36. The van der Waals surface area contributed by atoms with Crippen molar-refractivity contribution in [2.75, 3.05) is 6.54 Å². The van der Waals surface area contributed by atoms with Gasteiger partial charge in [0, 0.05) is 23.1 Å². The second-order valence-electron chi connectivity index (χ2n) is 6.45. The zero-order valence-electron chi connectivity index (χ0n) is 14.1. The zero-order valence-corrected chi connectivity index (χ0v) is 15.7. The highest BCUT2D eigenvalue weighted by Crippen LogP contribution is 2.24. The minimum absolute atomic E-state index is 0.0175. The summed E-state index contributed by atoms with van der Waals surface area (Å²) in [4.78, 5) is 15.0. The summed E-state index contributed by atoms with van der Waals surface area (Å²) in [5.74, 6) is 0.0397. The number of aromatic nitrogens is 2. The molecule has 2 unspecified atom stereocenters. The molecule has 2 atom stereocenters. The van der Waals surface area contributed by atoms with Gasteiger partial charge in [-0.05, 0) is 57.4 Å². The van der Waals surface area contributed by atoms with Crippen LogP contribution in [0.25, 0.3) is 5.69 Å². The molecule has 3 rings (SSSR count). The van der Waals surface area contributed by atoms with Gasteiger partial charge in [0.25, 0.3) is 5.91 Å². The SMILES string of the molecule is Cc1c(C(=O)N2CCCCC2C(C)N)cnn1-c1ccc(Br)cc1. The number of rotatable bonds is 3. The third kappa shape index (κ3) is 3.26. The summed E-state index contributed by atoms with van der Waals surface area (Å²) in [7, 11) is 0. The van der Waals surface area contributed by atoms with E-state index in [2.05, 4.69) is 21.0 Å². The zero-order chi connectivity index (χ0) is 17.3. The molecular formula is C18H23BrN4O. The molecule has 5 nitrogen and oxygen atoms in total. The lowest BCUT2D eigenvalue weighted by Crippen LogP contribution is -2.51. The predicted molar refractivity (Wildman–Crippen MR) is 98.3 cm³/mol. The van der Waals surface area contributed by atoms with Crippen molar-refractivity contribution in [2.24, 2.45) is 5.73 Å². The van der Waals surface area contributed by atoms with Crippen molar-refractivity contribution in [1.82, 2.24) is 14.7 Å². The number of carbonyl (C=O) groups excluding carboxylic acids is 1. The van der Waals surface area contributed by atoms with Crippen LogP contribution in [0.5, 0.6) is 0 Å². The molecule has 1 aromatic carbocycles. The molecule has 0 saturated carbocycles. The van der Waals surface area contributed by atoms with Gasteiger partial charge in [-0.1, -0.05) is 15.9 Å². The molecule has 6 heteroatoms. The van der Waals surface area contributed by atoms with Crippen molar-refractivity contribution in [2.45, 2.75) is 45.2 Å². The van der Waals surface area contributed by atoms with E-state index in [1.54, 1.807) is 6.20 Å². The molecule has 1 aliphatic heterocycles. The number of piperidine rings is 1. The van der Waals surface area contributed by atoms with E-state index < -0.39 is 0 Å². The topological polar surface area (TPSA) is 64.2 Å². The molecule has 0 aliphatic carbocycles. The number of nitrogens with two attached hydrogens (primary N) is 1. The average Bonchev–Trinajstić information content (AvgIpc) is 2.96. The molecule has 24 heavy (non-hydrogen) atoms. The van der Waals surface area contributed by atoms with Gasteiger partial charge in [0.05, 0.1) is 23.1 Å². The van der Waals surface area contributed by atoms with Gasteiger partial charge in [-0.2, -0.15) is 5.10 Å². The van der Waals surface area contributed by atoms with Crippen LogP contribution in [0.3, 0.4) is 0 Å². The minimum atomic E-state index is -0.0175. The quantitative estimate of drug-likeness (QED) is 0.874. The van der Waals surface area contributed by atoms with Gasteiger partial charge in [0.15, 0.2) is 0 Å². The first kappa shape index (κ1) is 17.2. The number of carbonyl (C=O) groups is 1. The number of likely N-dealkylation sites (tertiary alicyclic amines) is 1. The molecule has 0 spiro atoms. The van der Waals surface area contributed by atoms with E-state index in [-0.39, 0.29) is 18.0 Å². The highest BCUT2D eigenvalue weighted by molar-refractivity contribution is 9.10. The Morgan fingerprint density at radius 1 is 1.33 bits per heavy atom. The fourth-order valence-electron chi connectivity index (χ4n) is 3.37. The van der Waals surface area contributed by atoms with Crippen LogP contribution in [-0.2, 0) is 0 Å². The number of nitrogens with zero attached hydrogens (tertiary/aromatic N) is 3. The van der Waals surface area contributed by atoms with Gasteiger partial charge in [0.1, 0.15) is 0 Å². The lowest BCUT2D eigenvalue weighted by molar-refractivity contribution is 0.0583. The maximum atomic E-state index is 13.0. The Bertz CT molecular complexity index is 723. The molecule has 128 valence electrons. The number of hydrogen-bond donors (Lipinski definition) is 1. The van der Waals surface area contributed by atoms with Crippen LogP contribution in [0.4, 0.5) is 0 Å². The normalized spacial score (nSPS) is 19.3. The van der Waals surface area contributed by atoms with Crippen molar-refractivity contribution < 1.29 is 4.79 Å². The van der Waals surface area contributed by atoms with Gasteiger partial charge >= 0.3 is 0 Å². The van der Waals surface area contributed by atoms with E-state index in [0.717, 1.165) is 41.7 Å². The number of amides is 1. The van der Waals surface area contributed by atoms with E-state index in [1.165, 1.54) is 0 Å². The summed E-state index contributed by atoms with van der Waals surface area (Å²) < 4.78 is 2.82. The molecule has 1 aliphatic rings. The molecule has 2 heterocycles. The van der Waals surface area contributed by atoms with E-state index in [9.17, 15) is 4.79 Å². The molecule has 1 aromatic heterocycles. The van der Waals surface area contributed by atoms with Gasteiger partial charge < -0.3 is 10.6 Å². The van der Waals surface area contributed by atoms with E-state index in [1.807, 2.05) is 47.7 Å². The Hall–Kier alpha value is -1.66. The lowest BCUT2D eigenvalue weighted by atomic mass is 9.96. The summed E-state index contributed by atoms with van der Waals surface area (Å²) in [5, 5.41) is 4.42. The molecule has 0 radical (unpaired) electrons. The van der Waals surface area contributed by atoms with Crippen LogP contribution >= 0.6 is 15.9 Å². The Balaban J connectivity index is 1.89. The van der Waals surface area contributed by atoms with E-state index >= 15 is 0 Å². The minimum Gasteiger partial charge on any atom is -0.334 e. The Labute approximate surface area is 151 Å². The summed E-state index contributed by atoms with van der Waals surface area (Å²) in [6, 6.07) is 7.98. The molecule has 1 saturated heterocycles. The fourth-order valence-corrected chi connectivity index (χ4v) is 3.64. The monoisotopic (exact) mass is 390 g/mol. The van der Waals surface area contributed by atoms with Gasteiger partial charge in [-0.3, -0.25) is 4.79 Å². The Kier molecular flexibility index (Phi) is 5.06. The largest absolute Gasteiger partial charge is 0.334 e. The van der Waals surface area contributed by atoms with Crippen molar-refractivity contribution in [3.63, 3.8) is 0 Å². The molecule has 1 amide bonds. The highest BCUT2D eigenvalue weighted by Gasteiger charge is 2.31. The molecule has 2 aromatic rings. The smallest absolute Gasteiger partial charge is 0.257 e. The standard InChI is InChI=1S/C18H23BrN4O/c1-12(20)17-5-3-4-10-22(17)18(24)16-11-21-23(13(16)2)15-8-6-14(19)7-9-15/h6-9,11-12,17H,3-5,10,20H2,1-2H3. The summed E-state index contributed by atoms with van der Waals surface area (Å²) >= 11 is 3.43. The highest BCUT2D eigenvalue weighted by atomic mass is 79.9. The predicted octanol–water partition coefficient (Wildman–Crippen LogP) is 3.29. The first-order valence-corrected chi connectivity index (χ1v) is 9.15. The van der Waals surface area contributed by atoms with Crippen LogP contribution < -0.4 is 5.73 Å². The van der Waals surface area contributed by atoms with Crippen LogP contribution in [0.1, 0.15) is 42.2 Å². The van der Waals surface area contributed by atoms with Crippen molar-refractivity contribution in [3.05, 3.63) is 46.2 Å². The average molecular weight is 391 g/mol.